The zero-order valence-electron chi connectivity index (χ0n) is 10.9. The van der Waals surface area contributed by atoms with Crippen LogP contribution < -0.4 is 0 Å². The first-order chi connectivity index (χ1) is 8.66. The van der Waals surface area contributed by atoms with E-state index in [4.69, 9.17) is 5.11 Å². The van der Waals surface area contributed by atoms with Crippen molar-refractivity contribution in [3.63, 3.8) is 0 Å². The van der Waals surface area contributed by atoms with Crippen molar-refractivity contribution in [1.82, 2.24) is 0 Å². The number of aliphatic hydroxyl groups excluding tert-OH is 1. The molecule has 1 N–H and O–H groups in total. The molecule has 0 bridgehead atoms. The molecule has 0 aliphatic heterocycles. The maximum Gasteiger partial charge on any atom is 0.428 e. The van der Waals surface area contributed by atoms with Crippen LogP contribution in [0.4, 0.5) is 26.3 Å². The molecule has 0 saturated heterocycles. The Balaban J connectivity index is 5.09. The lowest BCUT2D eigenvalue weighted by Gasteiger charge is -2.35. The summed E-state index contributed by atoms with van der Waals surface area (Å²) in [5.41, 5.74) is -5.92. The van der Waals surface area contributed by atoms with E-state index >= 15 is 0 Å². The molecular weight excluding hydrogens is 298 g/mol. The molecule has 0 aromatic rings. The number of halogens is 6. The number of carbonyl (C=O) groups is 1. The Hall–Kier alpha value is -1.03. The fraction of sp³-hybridized carbons (Fsp3) is 0.900. The third-order valence-corrected chi connectivity index (χ3v) is 1.99. The Morgan fingerprint density at radius 2 is 1.40 bits per heavy atom. The zero-order chi connectivity index (χ0) is 16.4. The van der Waals surface area contributed by atoms with Crippen LogP contribution in [0.1, 0.15) is 20.8 Å². The Morgan fingerprint density at radius 3 is 1.65 bits per heavy atom. The molecule has 0 atom stereocenters. The Kier molecular flexibility index (Phi) is 5.46. The summed E-state index contributed by atoms with van der Waals surface area (Å²) in [6.45, 7) is 0.118. The van der Waals surface area contributed by atoms with Gasteiger partial charge in [0.1, 0.15) is 12.2 Å². The van der Waals surface area contributed by atoms with Crippen LogP contribution in [0.15, 0.2) is 0 Å². The Bertz CT molecular complexity index is 327. The van der Waals surface area contributed by atoms with Crippen molar-refractivity contribution in [2.75, 3.05) is 13.2 Å². The fourth-order valence-electron chi connectivity index (χ4n) is 1.10. The van der Waals surface area contributed by atoms with E-state index in [1.807, 2.05) is 0 Å². The predicted octanol–water partition coefficient (Wildman–Crippen LogP) is 2.20. The quantitative estimate of drug-likeness (QED) is 0.639. The summed E-state index contributed by atoms with van der Waals surface area (Å²) < 4.78 is 83.2. The predicted molar refractivity (Wildman–Crippen MR) is 53.7 cm³/mol. The highest BCUT2D eigenvalue weighted by atomic mass is 19.4. The molecule has 0 heterocycles. The van der Waals surface area contributed by atoms with E-state index in [-0.39, 0.29) is 0 Å². The highest BCUT2D eigenvalue weighted by molar-refractivity contribution is 5.71. The third kappa shape index (κ3) is 4.51. The highest BCUT2D eigenvalue weighted by Crippen LogP contribution is 2.45. The molecule has 120 valence electrons. The van der Waals surface area contributed by atoms with Crippen molar-refractivity contribution < 1.29 is 45.7 Å². The summed E-state index contributed by atoms with van der Waals surface area (Å²) >= 11 is 0. The number of rotatable bonds is 4. The van der Waals surface area contributed by atoms with Gasteiger partial charge in [0, 0.05) is 0 Å². The molecule has 0 aliphatic carbocycles. The molecule has 0 aliphatic rings. The Morgan fingerprint density at radius 1 is 1.00 bits per heavy atom. The lowest BCUT2D eigenvalue weighted by atomic mass is 10.0. The van der Waals surface area contributed by atoms with Gasteiger partial charge in [-0.2, -0.15) is 26.3 Å². The minimum Gasteiger partial charge on any atom is -0.458 e. The fourth-order valence-corrected chi connectivity index (χ4v) is 1.10. The summed E-state index contributed by atoms with van der Waals surface area (Å²) in [5.74, 6) is -1.41. The van der Waals surface area contributed by atoms with E-state index < -0.39 is 42.7 Å². The number of ether oxygens (including phenoxy) is 2. The highest BCUT2D eigenvalue weighted by Gasteiger charge is 2.72. The van der Waals surface area contributed by atoms with Crippen molar-refractivity contribution in [2.24, 2.45) is 0 Å². The molecule has 4 nitrogen and oxygen atoms in total. The van der Waals surface area contributed by atoms with Gasteiger partial charge in [0.05, 0.1) is 6.61 Å². The van der Waals surface area contributed by atoms with Gasteiger partial charge in [0.2, 0.25) is 0 Å². The monoisotopic (exact) mass is 312 g/mol. The van der Waals surface area contributed by atoms with Gasteiger partial charge >= 0.3 is 18.3 Å². The average molecular weight is 312 g/mol. The minimum atomic E-state index is -5.94. The van der Waals surface area contributed by atoms with Gasteiger partial charge < -0.3 is 14.6 Å². The second kappa shape index (κ2) is 5.76. The molecule has 0 unspecified atom stereocenters. The summed E-state index contributed by atoms with van der Waals surface area (Å²) in [7, 11) is 0. The van der Waals surface area contributed by atoms with Crippen molar-refractivity contribution in [1.29, 1.82) is 0 Å². The molecule has 10 heteroatoms. The molecule has 0 spiro atoms. The Labute approximate surface area is 110 Å². The van der Waals surface area contributed by atoms with E-state index in [0.29, 0.717) is 0 Å². The maximum absolute atomic E-state index is 12.5. The number of carbonyl (C=O) groups excluding carboxylic acids is 1. The molecule has 0 fully saturated rings. The van der Waals surface area contributed by atoms with Crippen LogP contribution in [-0.4, -0.2) is 47.8 Å². The first-order valence-electron chi connectivity index (χ1n) is 5.26. The molecule has 20 heavy (non-hydrogen) atoms. The van der Waals surface area contributed by atoms with Crippen LogP contribution in [0.2, 0.25) is 0 Å². The van der Waals surface area contributed by atoms with Crippen molar-refractivity contribution >= 4 is 5.97 Å². The van der Waals surface area contributed by atoms with Crippen LogP contribution >= 0.6 is 0 Å². The van der Waals surface area contributed by atoms with Gasteiger partial charge in [-0.3, -0.25) is 0 Å². The topological polar surface area (TPSA) is 55.8 Å². The largest absolute Gasteiger partial charge is 0.458 e. The second-order valence-electron chi connectivity index (χ2n) is 4.86. The SMILES string of the molecule is CC(C)(C)OC(=O)COC(CO)(C(F)(F)F)C(F)(F)F. The van der Waals surface area contributed by atoms with Gasteiger partial charge in [-0.25, -0.2) is 4.79 Å². The standard InChI is InChI=1S/C10H14F6O4/c1-7(2,3)20-6(18)4-19-8(5-17,9(11,12)13)10(14,15)16/h17H,4-5H2,1-3H3. The van der Waals surface area contributed by atoms with Crippen LogP contribution in [0.5, 0.6) is 0 Å². The molecule has 0 aromatic carbocycles. The van der Waals surface area contributed by atoms with Crippen LogP contribution in [0.3, 0.4) is 0 Å². The first-order valence-corrected chi connectivity index (χ1v) is 5.26. The lowest BCUT2D eigenvalue weighted by Crippen LogP contribution is -2.62. The number of hydrogen-bond acceptors (Lipinski definition) is 4. The van der Waals surface area contributed by atoms with Gasteiger partial charge in [-0.15, -0.1) is 0 Å². The summed E-state index contributed by atoms with van der Waals surface area (Å²) in [5, 5.41) is 8.48. The van der Waals surface area contributed by atoms with E-state index in [1.165, 1.54) is 20.8 Å². The van der Waals surface area contributed by atoms with Crippen LogP contribution in [-0.2, 0) is 14.3 Å². The molecular formula is C10H14F6O4. The van der Waals surface area contributed by atoms with E-state index in [2.05, 4.69) is 9.47 Å². The van der Waals surface area contributed by atoms with E-state index in [0.717, 1.165) is 0 Å². The number of alkyl halides is 6. The zero-order valence-corrected chi connectivity index (χ0v) is 10.9. The normalized spacial score (nSPS) is 14.3. The number of esters is 1. The summed E-state index contributed by atoms with van der Waals surface area (Å²) in [4.78, 5) is 11.1. The van der Waals surface area contributed by atoms with Crippen LogP contribution in [0.25, 0.3) is 0 Å². The third-order valence-electron chi connectivity index (χ3n) is 1.99. The number of hydrogen-bond donors (Lipinski definition) is 1. The van der Waals surface area contributed by atoms with Gasteiger partial charge in [-0.1, -0.05) is 0 Å². The van der Waals surface area contributed by atoms with E-state index in [9.17, 15) is 31.1 Å². The summed E-state index contributed by atoms with van der Waals surface area (Å²) in [6.07, 6.45) is -11.9. The van der Waals surface area contributed by atoms with Crippen molar-refractivity contribution in [2.45, 2.75) is 44.3 Å². The molecule has 0 rings (SSSR count). The molecule has 0 radical (unpaired) electrons. The lowest BCUT2D eigenvalue weighted by molar-refractivity contribution is -0.386. The summed E-state index contributed by atoms with van der Waals surface area (Å²) in [6, 6.07) is 0. The van der Waals surface area contributed by atoms with Crippen LogP contribution in [0, 0.1) is 0 Å². The van der Waals surface area contributed by atoms with Crippen molar-refractivity contribution in [3.05, 3.63) is 0 Å². The minimum absolute atomic E-state index is 1.10. The van der Waals surface area contributed by atoms with Gasteiger partial charge in [0.25, 0.3) is 5.60 Å². The number of aliphatic hydroxyl groups is 1. The molecule has 0 aromatic heterocycles. The maximum atomic E-state index is 12.5. The van der Waals surface area contributed by atoms with Gasteiger partial charge in [-0.05, 0) is 20.8 Å². The van der Waals surface area contributed by atoms with E-state index in [1.54, 1.807) is 0 Å². The molecule has 0 saturated carbocycles. The van der Waals surface area contributed by atoms with Gasteiger partial charge in [0.15, 0.2) is 0 Å². The smallest absolute Gasteiger partial charge is 0.428 e. The van der Waals surface area contributed by atoms with Crippen molar-refractivity contribution in [3.8, 4) is 0 Å². The second-order valence-corrected chi connectivity index (χ2v) is 4.86. The first kappa shape index (κ1) is 19.0. The molecule has 0 amide bonds. The average Bonchev–Trinajstić information content (AvgIpc) is 2.11.